The van der Waals surface area contributed by atoms with Crippen LogP contribution < -0.4 is 5.32 Å². The molecule has 0 aliphatic rings. The van der Waals surface area contributed by atoms with Gasteiger partial charge >= 0.3 is 6.18 Å². The third kappa shape index (κ3) is 8.30. The van der Waals surface area contributed by atoms with Crippen LogP contribution >= 0.6 is 0 Å². The van der Waals surface area contributed by atoms with E-state index < -0.39 is 24.8 Å². The summed E-state index contributed by atoms with van der Waals surface area (Å²) in [6.07, 6.45) is -5.50. The van der Waals surface area contributed by atoms with Gasteiger partial charge in [-0.3, -0.25) is 4.79 Å². The highest BCUT2D eigenvalue weighted by Crippen LogP contribution is 2.15. The van der Waals surface area contributed by atoms with Crippen molar-refractivity contribution in [2.45, 2.75) is 33.1 Å². The van der Waals surface area contributed by atoms with Gasteiger partial charge < -0.3 is 15.0 Å². The quantitative estimate of drug-likeness (QED) is 0.725. The largest absolute Gasteiger partial charge is 0.411 e. The molecule has 1 amide bonds. The highest BCUT2D eigenvalue weighted by molar-refractivity contribution is 5.80. The fourth-order valence-electron chi connectivity index (χ4n) is 1.32. The maximum absolute atomic E-state index is 11.9. The molecule has 0 radical (unpaired) electrons. The van der Waals surface area contributed by atoms with Crippen molar-refractivity contribution in [3.63, 3.8) is 0 Å². The number of nitrogens with zero attached hydrogens (tertiary/aromatic N) is 1. The first-order chi connectivity index (χ1) is 8.30. The molecule has 0 saturated carbocycles. The zero-order valence-corrected chi connectivity index (χ0v) is 11.0. The molecule has 0 bridgehead atoms. The number of rotatable bonds is 8. The number of ether oxygens (including phenoxy) is 1. The Morgan fingerprint density at radius 1 is 1.33 bits per heavy atom. The summed E-state index contributed by atoms with van der Waals surface area (Å²) in [5, 5.41) is 2.54. The maximum Gasteiger partial charge on any atom is 0.411 e. The average molecular weight is 270 g/mol. The van der Waals surface area contributed by atoms with E-state index in [0.717, 1.165) is 13.1 Å². The highest BCUT2D eigenvalue weighted by atomic mass is 19.4. The molecule has 108 valence electrons. The van der Waals surface area contributed by atoms with Crippen LogP contribution in [0.3, 0.4) is 0 Å². The topological polar surface area (TPSA) is 41.6 Å². The Hall–Kier alpha value is -0.820. The Labute approximate surface area is 105 Å². The van der Waals surface area contributed by atoms with Crippen LogP contribution in [-0.2, 0) is 9.53 Å². The lowest BCUT2D eigenvalue weighted by Crippen LogP contribution is -2.40. The van der Waals surface area contributed by atoms with Crippen LogP contribution in [0.2, 0.25) is 0 Å². The van der Waals surface area contributed by atoms with Crippen LogP contribution in [0.4, 0.5) is 13.2 Å². The van der Waals surface area contributed by atoms with Crippen molar-refractivity contribution in [1.29, 1.82) is 0 Å². The van der Waals surface area contributed by atoms with Crippen molar-refractivity contribution >= 4 is 5.91 Å². The normalized spacial score (nSPS) is 13.7. The van der Waals surface area contributed by atoms with Gasteiger partial charge in [-0.2, -0.15) is 13.2 Å². The molecule has 0 spiro atoms. The summed E-state index contributed by atoms with van der Waals surface area (Å²) >= 11 is 0. The number of amides is 1. The van der Waals surface area contributed by atoms with Crippen molar-refractivity contribution in [2.75, 3.05) is 32.8 Å². The standard InChI is InChI=1S/C11H21F3N2O2/c1-4-16(5-2)7-6-15-10(17)9(3)18-8-11(12,13)14/h9H,4-8H2,1-3H3,(H,15,17)/t9-/m1/s1. The molecule has 0 heterocycles. The Morgan fingerprint density at radius 3 is 2.33 bits per heavy atom. The molecule has 0 saturated heterocycles. The smallest absolute Gasteiger partial charge is 0.359 e. The summed E-state index contributed by atoms with van der Waals surface area (Å²) < 4.78 is 40.0. The predicted octanol–water partition coefficient (Wildman–Crippen LogP) is 1.41. The summed E-state index contributed by atoms with van der Waals surface area (Å²) in [4.78, 5) is 13.5. The van der Waals surface area contributed by atoms with Crippen molar-refractivity contribution in [3.8, 4) is 0 Å². The molecule has 0 rings (SSSR count). The van der Waals surface area contributed by atoms with Crippen LogP contribution in [0.15, 0.2) is 0 Å². The molecular formula is C11H21F3N2O2. The summed E-state index contributed by atoms with van der Waals surface area (Å²) in [6, 6.07) is 0. The Bertz CT molecular complexity index is 243. The third-order valence-electron chi connectivity index (χ3n) is 2.49. The first-order valence-corrected chi connectivity index (χ1v) is 5.98. The van der Waals surface area contributed by atoms with Crippen LogP contribution in [0.1, 0.15) is 20.8 Å². The number of nitrogens with one attached hydrogen (secondary N) is 1. The van der Waals surface area contributed by atoms with Gasteiger partial charge in [-0.05, 0) is 20.0 Å². The zero-order valence-electron chi connectivity index (χ0n) is 11.0. The van der Waals surface area contributed by atoms with E-state index in [4.69, 9.17) is 0 Å². The lowest BCUT2D eigenvalue weighted by atomic mass is 10.3. The zero-order chi connectivity index (χ0) is 14.2. The SMILES string of the molecule is CCN(CC)CCNC(=O)[C@@H](C)OCC(F)(F)F. The predicted molar refractivity (Wildman–Crippen MR) is 62.3 cm³/mol. The number of likely N-dealkylation sites (N-methyl/N-ethyl adjacent to an activating group) is 1. The second kappa shape index (κ2) is 8.31. The van der Waals surface area contributed by atoms with Crippen LogP contribution in [-0.4, -0.2) is 55.9 Å². The van der Waals surface area contributed by atoms with Gasteiger partial charge in [0.15, 0.2) is 0 Å². The molecular weight excluding hydrogens is 249 g/mol. The first kappa shape index (κ1) is 17.2. The van der Waals surface area contributed by atoms with Gasteiger partial charge in [-0.1, -0.05) is 13.8 Å². The molecule has 0 aromatic rings. The Balaban J connectivity index is 3.81. The van der Waals surface area contributed by atoms with E-state index in [2.05, 4.69) is 15.0 Å². The Kier molecular flexibility index (Phi) is 7.93. The number of halogens is 3. The van der Waals surface area contributed by atoms with Crippen LogP contribution in [0.5, 0.6) is 0 Å². The van der Waals surface area contributed by atoms with Crippen molar-refractivity contribution in [2.24, 2.45) is 0 Å². The molecule has 0 aromatic carbocycles. The molecule has 0 fully saturated rings. The maximum atomic E-state index is 11.9. The van der Waals surface area contributed by atoms with E-state index in [9.17, 15) is 18.0 Å². The second-order valence-corrected chi connectivity index (χ2v) is 3.89. The summed E-state index contributed by atoms with van der Waals surface area (Å²) in [6.45, 7) is 6.71. The van der Waals surface area contributed by atoms with E-state index in [0.29, 0.717) is 13.1 Å². The van der Waals surface area contributed by atoms with Crippen LogP contribution in [0.25, 0.3) is 0 Å². The number of hydrogen-bond acceptors (Lipinski definition) is 3. The number of hydrogen-bond donors (Lipinski definition) is 1. The fourth-order valence-corrected chi connectivity index (χ4v) is 1.32. The van der Waals surface area contributed by atoms with Gasteiger partial charge in [-0.25, -0.2) is 0 Å². The molecule has 0 aliphatic heterocycles. The summed E-state index contributed by atoms with van der Waals surface area (Å²) in [5.41, 5.74) is 0. The third-order valence-corrected chi connectivity index (χ3v) is 2.49. The summed E-state index contributed by atoms with van der Waals surface area (Å²) in [7, 11) is 0. The first-order valence-electron chi connectivity index (χ1n) is 5.98. The van der Waals surface area contributed by atoms with Gasteiger partial charge in [0.2, 0.25) is 5.91 Å². The molecule has 1 atom stereocenters. The highest BCUT2D eigenvalue weighted by Gasteiger charge is 2.29. The lowest BCUT2D eigenvalue weighted by molar-refractivity contribution is -0.185. The monoisotopic (exact) mass is 270 g/mol. The van der Waals surface area contributed by atoms with E-state index >= 15 is 0 Å². The van der Waals surface area contributed by atoms with Gasteiger partial charge in [-0.15, -0.1) is 0 Å². The van der Waals surface area contributed by atoms with E-state index in [1.807, 2.05) is 13.8 Å². The van der Waals surface area contributed by atoms with Crippen molar-refractivity contribution in [1.82, 2.24) is 10.2 Å². The van der Waals surface area contributed by atoms with Crippen molar-refractivity contribution in [3.05, 3.63) is 0 Å². The minimum absolute atomic E-state index is 0.403. The van der Waals surface area contributed by atoms with Gasteiger partial charge in [0.1, 0.15) is 12.7 Å². The summed E-state index contributed by atoms with van der Waals surface area (Å²) in [5.74, 6) is -0.522. The minimum atomic E-state index is -4.41. The molecule has 0 aliphatic carbocycles. The molecule has 0 aromatic heterocycles. The average Bonchev–Trinajstić information content (AvgIpc) is 2.30. The van der Waals surface area contributed by atoms with Gasteiger partial charge in [0.05, 0.1) is 0 Å². The second-order valence-electron chi connectivity index (χ2n) is 3.89. The number of carbonyl (C=O) groups is 1. The fraction of sp³-hybridized carbons (Fsp3) is 0.909. The van der Waals surface area contributed by atoms with Crippen molar-refractivity contribution < 1.29 is 22.7 Å². The molecule has 1 N–H and O–H groups in total. The van der Waals surface area contributed by atoms with E-state index in [1.54, 1.807) is 0 Å². The minimum Gasteiger partial charge on any atom is -0.359 e. The van der Waals surface area contributed by atoms with E-state index in [-0.39, 0.29) is 0 Å². The lowest BCUT2D eigenvalue weighted by Gasteiger charge is -2.19. The van der Waals surface area contributed by atoms with E-state index in [1.165, 1.54) is 6.92 Å². The molecule has 7 heteroatoms. The van der Waals surface area contributed by atoms with Crippen LogP contribution in [0, 0.1) is 0 Å². The molecule has 4 nitrogen and oxygen atoms in total. The number of alkyl halides is 3. The molecule has 18 heavy (non-hydrogen) atoms. The Morgan fingerprint density at radius 2 is 1.89 bits per heavy atom. The van der Waals surface area contributed by atoms with Gasteiger partial charge in [0.25, 0.3) is 0 Å². The molecule has 0 unspecified atom stereocenters. The number of carbonyl (C=O) groups excluding carboxylic acids is 1. The van der Waals surface area contributed by atoms with Gasteiger partial charge in [0, 0.05) is 13.1 Å².